The van der Waals surface area contributed by atoms with Crippen molar-refractivity contribution < 1.29 is 19.1 Å². The van der Waals surface area contributed by atoms with E-state index in [1.54, 1.807) is 0 Å². The summed E-state index contributed by atoms with van der Waals surface area (Å²) in [4.78, 5) is 23.8. The van der Waals surface area contributed by atoms with E-state index in [-0.39, 0.29) is 18.7 Å². The quantitative estimate of drug-likeness (QED) is 0.869. The van der Waals surface area contributed by atoms with Crippen molar-refractivity contribution in [2.24, 2.45) is 0 Å². The second-order valence-corrected chi connectivity index (χ2v) is 7.41. The van der Waals surface area contributed by atoms with Gasteiger partial charge in [0.2, 0.25) is 0 Å². The van der Waals surface area contributed by atoms with Crippen molar-refractivity contribution in [1.29, 1.82) is 0 Å². The number of carbonyl (C=O) groups excluding carboxylic acids is 2. The van der Waals surface area contributed by atoms with E-state index in [2.05, 4.69) is 10.6 Å². The van der Waals surface area contributed by atoms with Crippen LogP contribution in [0.1, 0.15) is 52.0 Å². The fraction of sp³-hybridized carbons (Fsp3) is 0.579. The molecule has 0 bridgehead atoms. The van der Waals surface area contributed by atoms with Crippen molar-refractivity contribution in [2.45, 2.75) is 70.7 Å². The third kappa shape index (κ3) is 7.45. The molecule has 2 rings (SSSR count). The fourth-order valence-electron chi connectivity index (χ4n) is 2.86. The van der Waals surface area contributed by atoms with Crippen LogP contribution in [-0.4, -0.2) is 29.9 Å². The zero-order valence-electron chi connectivity index (χ0n) is 15.2. The molecule has 1 aromatic carbocycles. The number of alkyl carbamates (subject to hydrolysis) is 2. The topological polar surface area (TPSA) is 76.7 Å². The molecule has 0 aromatic heterocycles. The normalized spacial score (nSPS) is 20.4. The summed E-state index contributed by atoms with van der Waals surface area (Å²) in [6.45, 7) is 5.75. The van der Waals surface area contributed by atoms with Gasteiger partial charge in [-0.25, -0.2) is 9.59 Å². The molecule has 2 amide bonds. The van der Waals surface area contributed by atoms with Gasteiger partial charge in [-0.15, -0.1) is 0 Å². The lowest BCUT2D eigenvalue weighted by atomic mass is 9.91. The van der Waals surface area contributed by atoms with E-state index in [0.717, 1.165) is 24.8 Å². The molecule has 2 N–H and O–H groups in total. The maximum Gasteiger partial charge on any atom is 0.407 e. The zero-order chi connectivity index (χ0) is 18.3. The number of amides is 2. The average molecular weight is 348 g/mol. The Kier molecular flexibility index (Phi) is 6.67. The largest absolute Gasteiger partial charge is 0.445 e. The summed E-state index contributed by atoms with van der Waals surface area (Å²) < 4.78 is 10.5. The highest BCUT2D eigenvalue weighted by molar-refractivity contribution is 5.68. The first kappa shape index (κ1) is 19.1. The monoisotopic (exact) mass is 348 g/mol. The molecule has 0 radical (unpaired) electrons. The van der Waals surface area contributed by atoms with Gasteiger partial charge in [-0.3, -0.25) is 0 Å². The Morgan fingerprint density at radius 2 is 1.64 bits per heavy atom. The summed E-state index contributed by atoms with van der Waals surface area (Å²) in [7, 11) is 0. The molecule has 6 nitrogen and oxygen atoms in total. The van der Waals surface area contributed by atoms with Gasteiger partial charge in [-0.2, -0.15) is 0 Å². The van der Waals surface area contributed by atoms with Crippen LogP contribution in [0.4, 0.5) is 9.59 Å². The van der Waals surface area contributed by atoms with Crippen LogP contribution in [0.2, 0.25) is 0 Å². The Morgan fingerprint density at radius 1 is 1.04 bits per heavy atom. The standard InChI is InChI=1S/C19H28N2O4/c1-19(2,3)25-18(23)21-16-11-7-10-15(12-16)20-17(22)24-13-14-8-5-4-6-9-14/h4-6,8-9,15-16H,7,10-13H2,1-3H3,(H,20,22)(H,21,23)/t15-,16+/m1/s1. The lowest BCUT2D eigenvalue weighted by Crippen LogP contribution is -2.47. The molecule has 1 aliphatic rings. The number of ether oxygens (including phenoxy) is 2. The van der Waals surface area contributed by atoms with Gasteiger partial charge in [0, 0.05) is 12.1 Å². The summed E-state index contributed by atoms with van der Waals surface area (Å²) in [5.74, 6) is 0. The van der Waals surface area contributed by atoms with Crippen LogP contribution in [0.25, 0.3) is 0 Å². The molecule has 6 heteroatoms. The van der Waals surface area contributed by atoms with Crippen molar-refractivity contribution in [3.05, 3.63) is 35.9 Å². The first-order chi connectivity index (χ1) is 11.8. The van der Waals surface area contributed by atoms with E-state index in [0.29, 0.717) is 6.42 Å². The molecule has 0 heterocycles. The summed E-state index contributed by atoms with van der Waals surface area (Å²) in [6, 6.07) is 9.56. The van der Waals surface area contributed by atoms with Gasteiger partial charge >= 0.3 is 12.2 Å². The minimum atomic E-state index is -0.516. The number of carbonyl (C=O) groups is 2. The molecule has 25 heavy (non-hydrogen) atoms. The van der Waals surface area contributed by atoms with Crippen LogP contribution in [0.3, 0.4) is 0 Å². The van der Waals surface area contributed by atoms with Crippen molar-refractivity contribution in [3.63, 3.8) is 0 Å². The Bertz CT molecular complexity index is 569. The lowest BCUT2D eigenvalue weighted by Gasteiger charge is -2.30. The molecular weight excluding hydrogens is 320 g/mol. The van der Waals surface area contributed by atoms with Gasteiger partial charge in [-0.05, 0) is 52.0 Å². The third-order valence-corrected chi connectivity index (χ3v) is 3.93. The highest BCUT2D eigenvalue weighted by Gasteiger charge is 2.26. The van der Waals surface area contributed by atoms with Crippen molar-refractivity contribution in [2.75, 3.05) is 0 Å². The predicted molar refractivity (Wildman–Crippen MR) is 95.2 cm³/mol. The minimum Gasteiger partial charge on any atom is -0.445 e. The number of rotatable bonds is 4. The van der Waals surface area contributed by atoms with Crippen LogP contribution in [0.5, 0.6) is 0 Å². The molecule has 1 aromatic rings. The van der Waals surface area contributed by atoms with E-state index < -0.39 is 17.8 Å². The minimum absolute atomic E-state index is 0.00280. The fourth-order valence-corrected chi connectivity index (χ4v) is 2.86. The van der Waals surface area contributed by atoms with Crippen LogP contribution in [-0.2, 0) is 16.1 Å². The third-order valence-electron chi connectivity index (χ3n) is 3.93. The highest BCUT2D eigenvalue weighted by Crippen LogP contribution is 2.19. The Labute approximate surface area is 149 Å². The van der Waals surface area contributed by atoms with E-state index in [1.165, 1.54) is 0 Å². The average Bonchev–Trinajstić information content (AvgIpc) is 2.52. The molecule has 0 unspecified atom stereocenters. The first-order valence-electron chi connectivity index (χ1n) is 8.78. The maximum absolute atomic E-state index is 12.0. The number of benzene rings is 1. The Hall–Kier alpha value is -2.24. The Morgan fingerprint density at radius 3 is 2.24 bits per heavy atom. The van der Waals surface area contributed by atoms with Crippen molar-refractivity contribution >= 4 is 12.2 Å². The Balaban J connectivity index is 1.73. The van der Waals surface area contributed by atoms with Crippen LogP contribution >= 0.6 is 0 Å². The van der Waals surface area contributed by atoms with Gasteiger partial charge in [0.05, 0.1) is 0 Å². The molecule has 138 valence electrons. The number of hydrogen-bond acceptors (Lipinski definition) is 4. The number of hydrogen-bond donors (Lipinski definition) is 2. The SMILES string of the molecule is CC(C)(C)OC(=O)N[C@H]1CCC[C@@H](NC(=O)OCc2ccccc2)C1. The van der Waals surface area contributed by atoms with E-state index >= 15 is 0 Å². The summed E-state index contributed by atoms with van der Waals surface area (Å²) in [5, 5.41) is 5.77. The van der Waals surface area contributed by atoms with Gasteiger partial charge in [-0.1, -0.05) is 30.3 Å². The summed E-state index contributed by atoms with van der Waals surface area (Å²) >= 11 is 0. The molecule has 1 aliphatic carbocycles. The predicted octanol–water partition coefficient (Wildman–Crippen LogP) is 3.75. The molecule has 1 saturated carbocycles. The summed E-state index contributed by atoms with van der Waals surface area (Å²) in [5.41, 5.74) is 0.434. The van der Waals surface area contributed by atoms with Gasteiger partial charge in [0.25, 0.3) is 0 Å². The van der Waals surface area contributed by atoms with Gasteiger partial charge < -0.3 is 20.1 Å². The second kappa shape index (κ2) is 8.74. The van der Waals surface area contributed by atoms with Crippen LogP contribution in [0, 0.1) is 0 Å². The molecule has 2 atom stereocenters. The van der Waals surface area contributed by atoms with Gasteiger partial charge in [0.15, 0.2) is 0 Å². The van der Waals surface area contributed by atoms with E-state index in [4.69, 9.17) is 9.47 Å². The maximum atomic E-state index is 12.0. The summed E-state index contributed by atoms with van der Waals surface area (Å²) in [6.07, 6.45) is 2.55. The zero-order valence-corrected chi connectivity index (χ0v) is 15.2. The first-order valence-corrected chi connectivity index (χ1v) is 8.78. The van der Waals surface area contributed by atoms with E-state index in [9.17, 15) is 9.59 Å². The molecule has 0 spiro atoms. The van der Waals surface area contributed by atoms with Crippen molar-refractivity contribution in [1.82, 2.24) is 10.6 Å². The van der Waals surface area contributed by atoms with Crippen LogP contribution < -0.4 is 10.6 Å². The molecule has 1 fully saturated rings. The van der Waals surface area contributed by atoms with Crippen molar-refractivity contribution in [3.8, 4) is 0 Å². The lowest BCUT2D eigenvalue weighted by molar-refractivity contribution is 0.0488. The molecule has 0 saturated heterocycles. The highest BCUT2D eigenvalue weighted by atomic mass is 16.6. The van der Waals surface area contributed by atoms with Gasteiger partial charge in [0.1, 0.15) is 12.2 Å². The van der Waals surface area contributed by atoms with Crippen LogP contribution in [0.15, 0.2) is 30.3 Å². The molecular formula is C19H28N2O4. The van der Waals surface area contributed by atoms with E-state index in [1.807, 2.05) is 51.1 Å². The smallest absolute Gasteiger partial charge is 0.407 e. The molecule has 0 aliphatic heterocycles. The second-order valence-electron chi connectivity index (χ2n) is 7.41. The number of nitrogens with one attached hydrogen (secondary N) is 2.